The summed E-state index contributed by atoms with van der Waals surface area (Å²) in [6.07, 6.45) is 3.77. The largest absolute Gasteiger partial charge is 0.398 e. The standard InChI is InChI=1S/C29H38N2/c1-7-20-16-25(18(5)23(9-3)28(20)30)27(22-14-12-11-13-15-22)26-17-21(8-2)29(31)24(10-4)19(26)6/h11-17,27H,7-10,30-31H2,1-6H3. The maximum Gasteiger partial charge on any atom is 0.0381 e. The van der Waals surface area contributed by atoms with Gasteiger partial charge in [-0.3, -0.25) is 0 Å². The lowest BCUT2D eigenvalue weighted by Crippen LogP contribution is -2.14. The predicted molar refractivity (Wildman–Crippen MR) is 136 cm³/mol. The van der Waals surface area contributed by atoms with Crippen LogP contribution in [0.4, 0.5) is 11.4 Å². The fraction of sp³-hybridized carbons (Fsp3) is 0.379. The van der Waals surface area contributed by atoms with Gasteiger partial charge in [0, 0.05) is 17.3 Å². The molecule has 0 aliphatic carbocycles. The number of nitrogens with two attached hydrogens (primary N) is 2. The van der Waals surface area contributed by atoms with Crippen molar-refractivity contribution in [2.75, 3.05) is 11.5 Å². The van der Waals surface area contributed by atoms with Gasteiger partial charge in [0.15, 0.2) is 0 Å². The van der Waals surface area contributed by atoms with Crippen molar-refractivity contribution in [3.05, 3.63) is 92.5 Å². The maximum absolute atomic E-state index is 6.58. The summed E-state index contributed by atoms with van der Waals surface area (Å²) in [6, 6.07) is 15.6. The van der Waals surface area contributed by atoms with Crippen molar-refractivity contribution in [3.63, 3.8) is 0 Å². The van der Waals surface area contributed by atoms with E-state index in [9.17, 15) is 0 Å². The fourth-order valence-electron chi connectivity index (χ4n) is 5.16. The zero-order valence-corrected chi connectivity index (χ0v) is 20.1. The molecular formula is C29H38N2. The molecular weight excluding hydrogens is 376 g/mol. The van der Waals surface area contributed by atoms with Crippen LogP contribution >= 0.6 is 0 Å². The van der Waals surface area contributed by atoms with Crippen LogP contribution in [0, 0.1) is 13.8 Å². The van der Waals surface area contributed by atoms with Crippen LogP contribution in [0.25, 0.3) is 0 Å². The Bertz CT molecular complexity index is 997. The monoisotopic (exact) mass is 414 g/mol. The van der Waals surface area contributed by atoms with Crippen molar-refractivity contribution >= 4 is 11.4 Å². The van der Waals surface area contributed by atoms with E-state index in [1.54, 1.807) is 0 Å². The van der Waals surface area contributed by atoms with Crippen LogP contribution in [0.3, 0.4) is 0 Å². The highest BCUT2D eigenvalue weighted by Gasteiger charge is 2.25. The lowest BCUT2D eigenvalue weighted by Gasteiger charge is -2.28. The summed E-state index contributed by atoms with van der Waals surface area (Å²) in [5.74, 6) is 0.161. The number of hydrogen-bond donors (Lipinski definition) is 2. The first kappa shape index (κ1) is 22.9. The van der Waals surface area contributed by atoms with E-state index < -0.39 is 0 Å². The van der Waals surface area contributed by atoms with Crippen molar-refractivity contribution in [2.45, 2.75) is 73.1 Å². The van der Waals surface area contributed by atoms with E-state index in [-0.39, 0.29) is 5.92 Å². The topological polar surface area (TPSA) is 52.0 Å². The molecule has 0 saturated heterocycles. The van der Waals surface area contributed by atoms with Crippen molar-refractivity contribution < 1.29 is 0 Å². The Morgan fingerprint density at radius 1 is 0.645 bits per heavy atom. The Hall–Kier alpha value is -2.74. The van der Waals surface area contributed by atoms with E-state index in [2.05, 4.69) is 84.0 Å². The second kappa shape index (κ2) is 9.60. The van der Waals surface area contributed by atoms with Crippen molar-refractivity contribution in [3.8, 4) is 0 Å². The van der Waals surface area contributed by atoms with E-state index in [0.717, 1.165) is 37.1 Å². The Morgan fingerprint density at radius 3 is 1.42 bits per heavy atom. The molecule has 0 spiro atoms. The number of hydrogen-bond acceptors (Lipinski definition) is 2. The van der Waals surface area contributed by atoms with Gasteiger partial charge in [0.05, 0.1) is 0 Å². The lowest BCUT2D eigenvalue weighted by atomic mass is 9.77. The summed E-state index contributed by atoms with van der Waals surface area (Å²) in [5, 5.41) is 0. The molecule has 0 radical (unpaired) electrons. The van der Waals surface area contributed by atoms with Crippen LogP contribution < -0.4 is 11.5 Å². The minimum atomic E-state index is 0.161. The van der Waals surface area contributed by atoms with Crippen molar-refractivity contribution in [1.82, 2.24) is 0 Å². The van der Waals surface area contributed by atoms with Gasteiger partial charge in [-0.15, -0.1) is 0 Å². The van der Waals surface area contributed by atoms with Gasteiger partial charge in [0.1, 0.15) is 0 Å². The molecule has 0 aromatic heterocycles. The molecule has 2 nitrogen and oxygen atoms in total. The summed E-state index contributed by atoms with van der Waals surface area (Å²) in [6.45, 7) is 13.3. The Morgan fingerprint density at radius 2 is 1.06 bits per heavy atom. The minimum Gasteiger partial charge on any atom is -0.398 e. The van der Waals surface area contributed by atoms with E-state index in [1.165, 1.54) is 50.1 Å². The molecule has 4 N–H and O–H groups in total. The van der Waals surface area contributed by atoms with E-state index in [0.29, 0.717) is 0 Å². The summed E-state index contributed by atoms with van der Waals surface area (Å²) < 4.78 is 0. The van der Waals surface area contributed by atoms with Crippen molar-refractivity contribution in [1.29, 1.82) is 0 Å². The second-order valence-corrected chi connectivity index (χ2v) is 8.54. The van der Waals surface area contributed by atoms with Gasteiger partial charge >= 0.3 is 0 Å². The van der Waals surface area contributed by atoms with Gasteiger partial charge in [-0.1, -0.05) is 70.2 Å². The molecule has 0 aliphatic heterocycles. The third kappa shape index (κ3) is 4.08. The average molecular weight is 415 g/mol. The zero-order chi connectivity index (χ0) is 22.7. The molecule has 3 aromatic carbocycles. The third-order valence-electron chi connectivity index (χ3n) is 7.00. The highest BCUT2D eigenvalue weighted by Crippen LogP contribution is 2.41. The van der Waals surface area contributed by atoms with Crippen LogP contribution in [0.2, 0.25) is 0 Å². The van der Waals surface area contributed by atoms with E-state index in [1.807, 2.05) is 0 Å². The van der Waals surface area contributed by atoms with Crippen LogP contribution in [0.1, 0.15) is 83.7 Å². The quantitative estimate of drug-likeness (QED) is 0.326. The number of aryl methyl sites for hydroxylation is 2. The molecule has 0 bridgehead atoms. The second-order valence-electron chi connectivity index (χ2n) is 8.54. The third-order valence-corrected chi connectivity index (χ3v) is 7.00. The van der Waals surface area contributed by atoms with Gasteiger partial charge in [0.25, 0.3) is 0 Å². The molecule has 0 heterocycles. The summed E-state index contributed by atoms with van der Waals surface area (Å²) >= 11 is 0. The van der Waals surface area contributed by atoms with Gasteiger partial charge in [0.2, 0.25) is 0 Å². The van der Waals surface area contributed by atoms with Gasteiger partial charge in [-0.2, -0.15) is 0 Å². The predicted octanol–water partition coefficient (Wildman–Crippen LogP) is 6.90. The molecule has 0 atom stereocenters. The molecule has 0 aliphatic rings. The van der Waals surface area contributed by atoms with Crippen LogP contribution in [-0.2, 0) is 25.7 Å². The first-order chi connectivity index (χ1) is 14.9. The fourth-order valence-corrected chi connectivity index (χ4v) is 5.16. The molecule has 0 saturated carbocycles. The summed E-state index contributed by atoms with van der Waals surface area (Å²) in [7, 11) is 0. The first-order valence-corrected chi connectivity index (χ1v) is 11.8. The van der Waals surface area contributed by atoms with E-state index >= 15 is 0 Å². The summed E-state index contributed by atoms with van der Waals surface area (Å²) in [4.78, 5) is 0. The minimum absolute atomic E-state index is 0.161. The Kier molecular flexibility index (Phi) is 7.10. The van der Waals surface area contributed by atoms with Crippen LogP contribution in [0.5, 0.6) is 0 Å². The molecule has 0 amide bonds. The highest BCUT2D eigenvalue weighted by molar-refractivity contribution is 5.66. The Labute approximate surface area is 188 Å². The molecule has 0 fully saturated rings. The number of rotatable bonds is 7. The van der Waals surface area contributed by atoms with Gasteiger partial charge < -0.3 is 11.5 Å². The molecule has 3 aromatic rings. The van der Waals surface area contributed by atoms with Crippen LogP contribution in [-0.4, -0.2) is 0 Å². The van der Waals surface area contributed by atoms with Crippen molar-refractivity contribution in [2.24, 2.45) is 0 Å². The van der Waals surface area contributed by atoms with E-state index in [4.69, 9.17) is 11.5 Å². The number of anilines is 2. The number of benzene rings is 3. The van der Waals surface area contributed by atoms with Gasteiger partial charge in [-0.25, -0.2) is 0 Å². The molecule has 3 rings (SSSR count). The number of nitrogen functional groups attached to an aromatic ring is 2. The smallest absolute Gasteiger partial charge is 0.0381 e. The normalized spacial score (nSPS) is 11.3. The first-order valence-electron chi connectivity index (χ1n) is 11.8. The summed E-state index contributed by atoms with van der Waals surface area (Å²) in [5.41, 5.74) is 26.8. The zero-order valence-electron chi connectivity index (χ0n) is 20.1. The molecule has 31 heavy (non-hydrogen) atoms. The SMILES string of the molecule is CCc1cc(C(c2ccccc2)c2cc(CC)c(N)c(CC)c2C)c(C)c(CC)c1N. The van der Waals surface area contributed by atoms with Crippen LogP contribution in [0.15, 0.2) is 42.5 Å². The molecule has 2 heteroatoms. The van der Waals surface area contributed by atoms with Gasteiger partial charge in [-0.05, 0) is 89.6 Å². The average Bonchev–Trinajstić information content (AvgIpc) is 2.78. The Balaban J connectivity index is 2.42. The maximum atomic E-state index is 6.58. The highest BCUT2D eigenvalue weighted by atomic mass is 14.6. The lowest BCUT2D eigenvalue weighted by molar-refractivity contribution is 0.912. The molecule has 164 valence electrons. The molecule has 0 unspecified atom stereocenters.